The zero-order valence-corrected chi connectivity index (χ0v) is 14.4. The largest absolute Gasteiger partial charge is 0.394 e. The third kappa shape index (κ3) is 4.43. The molecule has 3 N–H and O–H groups in total. The van der Waals surface area contributed by atoms with Crippen LogP contribution in [0.1, 0.15) is 18.9 Å². The molecule has 1 aliphatic rings. The number of aliphatic hydroxyl groups is 1. The van der Waals surface area contributed by atoms with Gasteiger partial charge in [0, 0.05) is 12.2 Å². The van der Waals surface area contributed by atoms with Gasteiger partial charge in [-0.05, 0) is 0 Å². The van der Waals surface area contributed by atoms with Crippen molar-refractivity contribution in [1.29, 1.82) is 0 Å². The van der Waals surface area contributed by atoms with Gasteiger partial charge in [-0.25, -0.2) is 14.6 Å². The first kappa shape index (κ1) is 18.9. The van der Waals surface area contributed by atoms with E-state index in [1.807, 2.05) is 12.2 Å². The van der Waals surface area contributed by atoms with Gasteiger partial charge >= 0.3 is 6.18 Å². The monoisotopic (exact) mass is 390 g/mol. The summed E-state index contributed by atoms with van der Waals surface area (Å²) in [5.41, 5.74) is 6.52. The first-order valence-corrected chi connectivity index (χ1v) is 8.84. The van der Waals surface area contributed by atoms with Crippen molar-refractivity contribution in [3.63, 3.8) is 0 Å². The summed E-state index contributed by atoms with van der Waals surface area (Å²) in [6.45, 7) is 0.165. The number of anilines is 1. The molecule has 2 aromatic heterocycles. The van der Waals surface area contributed by atoms with Crippen LogP contribution in [0.25, 0.3) is 11.2 Å². The van der Waals surface area contributed by atoms with Crippen LogP contribution in [0.2, 0.25) is 0 Å². The number of nitrogens with two attached hydrogens (primary N) is 1. The molecule has 12 heteroatoms. The van der Waals surface area contributed by atoms with Crippen molar-refractivity contribution < 1.29 is 23.0 Å². The lowest BCUT2D eigenvalue weighted by molar-refractivity contribution is -0.129. The number of rotatable bonds is 7. The van der Waals surface area contributed by atoms with E-state index in [2.05, 4.69) is 20.3 Å². The molecule has 3 rings (SSSR count). The summed E-state index contributed by atoms with van der Waals surface area (Å²) in [4.78, 5) is 8.27. The minimum absolute atomic E-state index is 0.0659. The molecule has 0 bridgehead atoms. The number of fused-ring (bicyclic) bond motifs is 1. The van der Waals surface area contributed by atoms with Gasteiger partial charge in [-0.1, -0.05) is 29.1 Å². The van der Waals surface area contributed by atoms with Gasteiger partial charge in [-0.3, -0.25) is 0 Å². The molecule has 0 aromatic carbocycles. The van der Waals surface area contributed by atoms with Crippen molar-refractivity contribution in [3.05, 3.63) is 12.2 Å². The van der Waals surface area contributed by atoms with Crippen molar-refractivity contribution in [2.45, 2.75) is 36.3 Å². The van der Waals surface area contributed by atoms with Crippen LogP contribution in [-0.4, -0.2) is 61.3 Å². The highest BCUT2D eigenvalue weighted by molar-refractivity contribution is 7.99. The molecular formula is C14H17F3N6O2S. The zero-order valence-electron chi connectivity index (χ0n) is 13.6. The molecule has 2 aromatic rings. The molecule has 0 radical (unpaired) electrons. The molecule has 142 valence electrons. The summed E-state index contributed by atoms with van der Waals surface area (Å²) in [5.74, 6) is -0.123. The maximum atomic E-state index is 12.3. The van der Waals surface area contributed by atoms with Gasteiger partial charge in [0.25, 0.3) is 0 Å². The summed E-state index contributed by atoms with van der Waals surface area (Å²) in [5, 5.41) is 17.0. The molecule has 0 fully saturated rings. The molecular weight excluding hydrogens is 373 g/mol. The number of halogens is 3. The molecule has 8 nitrogen and oxygen atoms in total. The van der Waals surface area contributed by atoms with Crippen LogP contribution < -0.4 is 5.73 Å². The molecule has 0 spiro atoms. The molecule has 2 unspecified atom stereocenters. The molecule has 0 saturated carbocycles. The number of ether oxygens (including phenoxy) is 1. The number of allylic oxidation sites excluding steroid dienone is 1. The summed E-state index contributed by atoms with van der Waals surface area (Å²) < 4.78 is 43.9. The van der Waals surface area contributed by atoms with Gasteiger partial charge in [0.1, 0.15) is 0 Å². The Balaban J connectivity index is 1.77. The number of hydrogen-bond donors (Lipinski definition) is 2. The third-order valence-electron chi connectivity index (χ3n) is 3.71. The van der Waals surface area contributed by atoms with Crippen molar-refractivity contribution in [3.8, 4) is 0 Å². The highest BCUT2D eigenvalue weighted by Gasteiger charge is 2.27. The van der Waals surface area contributed by atoms with Crippen LogP contribution in [0, 0.1) is 0 Å². The molecule has 26 heavy (non-hydrogen) atoms. The number of nitrogens with zero attached hydrogens (tertiary/aromatic N) is 5. The van der Waals surface area contributed by atoms with E-state index >= 15 is 0 Å². The first-order valence-electron chi connectivity index (χ1n) is 7.86. The maximum Gasteiger partial charge on any atom is 0.389 e. The highest BCUT2D eigenvalue weighted by Crippen LogP contribution is 2.30. The Morgan fingerprint density at radius 1 is 1.35 bits per heavy atom. The van der Waals surface area contributed by atoms with Gasteiger partial charge in [-0.2, -0.15) is 13.2 Å². The van der Waals surface area contributed by atoms with E-state index in [-0.39, 0.29) is 42.1 Å². The quantitative estimate of drug-likeness (QED) is 0.418. The van der Waals surface area contributed by atoms with Crippen molar-refractivity contribution in [2.75, 3.05) is 24.7 Å². The Labute approximate surface area is 150 Å². The van der Waals surface area contributed by atoms with Crippen LogP contribution in [0.5, 0.6) is 0 Å². The molecule has 0 saturated heterocycles. The number of hydrogen-bond acceptors (Lipinski definition) is 8. The zero-order chi connectivity index (χ0) is 18.7. The topological polar surface area (TPSA) is 112 Å². The van der Waals surface area contributed by atoms with Crippen LogP contribution in [0.15, 0.2) is 17.3 Å². The SMILES string of the molecule is Nc1nc(SCCC(F)(F)F)nc2c1nnn2C1C=CC(OCCO)C1. The number of alkyl halides is 3. The average Bonchev–Trinajstić information content (AvgIpc) is 3.18. The van der Waals surface area contributed by atoms with Crippen molar-refractivity contribution in [2.24, 2.45) is 0 Å². The minimum Gasteiger partial charge on any atom is -0.394 e. The van der Waals surface area contributed by atoms with Gasteiger partial charge in [0.05, 0.1) is 31.8 Å². The molecule has 2 heterocycles. The molecule has 2 atom stereocenters. The van der Waals surface area contributed by atoms with E-state index in [1.54, 1.807) is 4.68 Å². The maximum absolute atomic E-state index is 12.3. The van der Waals surface area contributed by atoms with E-state index < -0.39 is 12.6 Å². The predicted molar refractivity (Wildman–Crippen MR) is 88.5 cm³/mol. The Hall–Kier alpha value is -1.92. The Kier molecular flexibility index (Phi) is 5.63. The summed E-state index contributed by atoms with van der Waals surface area (Å²) >= 11 is 0.881. The fourth-order valence-corrected chi connectivity index (χ4v) is 3.36. The lowest BCUT2D eigenvalue weighted by Crippen LogP contribution is -2.15. The average molecular weight is 390 g/mol. The predicted octanol–water partition coefficient (Wildman–Crippen LogP) is 1.73. The fourth-order valence-electron chi connectivity index (χ4n) is 2.53. The van der Waals surface area contributed by atoms with Crippen molar-refractivity contribution >= 4 is 28.7 Å². The Morgan fingerprint density at radius 2 is 2.15 bits per heavy atom. The lowest BCUT2D eigenvalue weighted by Gasteiger charge is -2.13. The smallest absolute Gasteiger partial charge is 0.389 e. The van der Waals surface area contributed by atoms with Crippen molar-refractivity contribution in [1.82, 2.24) is 25.0 Å². The Bertz CT molecular complexity index is 797. The van der Waals surface area contributed by atoms with Gasteiger partial charge in [0.15, 0.2) is 22.1 Å². The summed E-state index contributed by atoms with van der Waals surface area (Å²) in [7, 11) is 0. The normalized spacial score (nSPS) is 20.3. The van der Waals surface area contributed by atoms with E-state index in [9.17, 15) is 13.2 Å². The second-order valence-electron chi connectivity index (χ2n) is 5.63. The number of thioether (sulfide) groups is 1. The second kappa shape index (κ2) is 7.76. The molecule has 1 aliphatic carbocycles. The number of aliphatic hydroxyl groups excluding tert-OH is 1. The van der Waals surface area contributed by atoms with E-state index in [1.165, 1.54) is 0 Å². The summed E-state index contributed by atoms with van der Waals surface area (Å²) in [6.07, 6.45) is -1.01. The van der Waals surface area contributed by atoms with E-state index in [0.29, 0.717) is 17.6 Å². The number of nitrogen functional groups attached to an aromatic ring is 1. The summed E-state index contributed by atoms with van der Waals surface area (Å²) in [6, 6.07) is -0.175. The standard InChI is InChI=1S/C14H17F3N6O2S/c15-14(16,17)3-6-26-13-19-11(18)10-12(20-13)23(22-21-10)8-1-2-9(7-8)25-5-4-24/h1-2,8-9,24H,3-7H2,(H2,18,19,20). The minimum atomic E-state index is -4.23. The van der Waals surface area contributed by atoms with Gasteiger partial charge < -0.3 is 15.6 Å². The molecule has 0 aliphatic heterocycles. The molecule has 0 amide bonds. The third-order valence-corrected chi connectivity index (χ3v) is 4.55. The van der Waals surface area contributed by atoms with Crippen LogP contribution in [0.3, 0.4) is 0 Å². The lowest BCUT2D eigenvalue weighted by atomic mass is 10.2. The van der Waals surface area contributed by atoms with Crippen LogP contribution in [0.4, 0.5) is 19.0 Å². The van der Waals surface area contributed by atoms with Gasteiger partial charge in [-0.15, -0.1) is 5.10 Å². The fraction of sp³-hybridized carbons (Fsp3) is 0.571. The highest BCUT2D eigenvalue weighted by atomic mass is 32.2. The Morgan fingerprint density at radius 3 is 2.88 bits per heavy atom. The second-order valence-corrected chi connectivity index (χ2v) is 6.69. The number of aromatic nitrogens is 5. The van der Waals surface area contributed by atoms with E-state index in [4.69, 9.17) is 15.6 Å². The van der Waals surface area contributed by atoms with E-state index in [0.717, 1.165) is 11.8 Å². The van der Waals surface area contributed by atoms with Gasteiger partial charge in [0.2, 0.25) is 0 Å². The first-order chi connectivity index (χ1) is 12.4. The van der Waals surface area contributed by atoms with Crippen LogP contribution >= 0.6 is 11.8 Å². The van der Waals surface area contributed by atoms with Crippen LogP contribution in [-0.2, 0) is 4.74 Å².